The van der Waals surface area contributed by atoms with Crippen LogP contribution in [-0.2, 0) is 0 Å². The first-order valence-corrected chi connectivity index (χ1v) is 7.01. The standard InChI is InChI=1S/C14H30N2/c1-12(2)14(7-8-14)11-16-10-4-5-13(3)6-9-15/h12-13,16H,4-11,15H2,1-3H3. The molecule has 0 heterocycles. The van der Waals surface area contributed by atoms with E-state index in [1.165, 1.54) is 45.2 Å². The molecule has 3 N–H and O–H groups in total. The fourth-order valence-corrected chi connectivity index (χ4v) is 2.46. The Bertz CT molecular complexity index is 185. The van der Waals surface area contributed by atoms with Gasteiger partial charge in [0.15, 0.2) is 0 Å². The summed E-state index contributed by atoms with van der Waals surface area (Å²) < 4.78 is 0. The molecular weight excluding hydrogens is 196 g/mol. The van der Waals surface area contributed by atoms with E-state index >= 15 is 0 Å². The Balaban J connectivity index is 1.96. The van der Waals surface area contributed by atoms with Gasteiger partial charge in [0, 0.05) is 6.54 Å². The number of hydrogen-bond donors (Lipinski definition) is 2. The molecule has 1 atom stereocenters. The summed E-state index contributed by atoms with van der Waals surface area (Å²) in [6.07, 6.45) is 6.66. The first-order valence-electron chi connectivity index (χ1n) is 7.01. The molecule has 0 bridgehead atoms. The van der Waals surface area contributed by atoms with E-state index in [-0.39, 0.29) is 0 Å². The smallest absolute Gasteiger partial charge is 0.00103 e. The lowest BCUT2D eigenvalue weighted by molar-refractivity contribution is 0.335. The van der Waals surface area contributed by atoms with Gasteiger partial charge in [-0.3, -0.25) is 0 Å². The van der Waals surface area contributed by atoms with Crippen molar-refractivity contribution in [2.45, 2.75) is 52.9 Å². The molecule has 0 aromatic rings. The first-order chi connectivity index (χ1) is 7.60. The summed E-state index contributed by atoms with van der Waals surface area (Å²) in [5.41, 5.74) is 6.20. The van der Waals surface area contributed by atoms with Gasteiger partial charge in [0.1, 0.15) is 0 Å². The van der Waals surface area contributed by atoms with Crippen LogP contribution in [0.25, 0.3) is 0 Å². The van der Waals surface area contributed by atoms with E-state index in [1.54, 1.807) is 0 Å². The Kier molecular flexibility index (Phi) is 5.77. The van der Waals surface area contributed by atoms with Crippen molar-refractivity contribution in [2.75, 3.05) is 19.6 Å². The Hall–Kier alpha value is -0.0800. The van der Waals surface area contributed by atoms with Gasteiger partial charge in [-0.25, -0.2) is 0 Å². The molecule has 1 fully saturated rings. The van der Waals surface area contributed by atoms with Crippen molar-refractivity contribution < 1.29 is 0 Å². The summed E-state index contributed by atoms with van der Waals surface area (Å²) >= 11 is 0. The minimum atomic E-state index is 0.656. The van der Waals surface area contributed by atoms with Gasteiger partial charge in [0.05, 0.1) is 0 Å². The molecule has 0 aliphatic heterocycles. The molecule has 1 rings (SSSR count). The normalized spacial score (nSPS) is 20.1. The Morgan fingerprint density at radius 1 is 1.19 bits per heavy atom. The molecule has 2 heteroatoms. The summed E-state index contributed by atoms with van der Waals surface area (Å²) in [7, 11) is 0. The number of nitrogens with one attached hydrogen (secondary N) is 1. The molecule has 0 spiro atoms. The summed E-state index contributed by atoms with van der Waals surface area (Å²) in [5, 5.41) is 3.64. The van der Waals surface area contributed by atoms with E-state index < -0.39 is 0 Å². The molecule has 0 radical (unpaired) electrons. The molecule has 0 aromatic carbocycles. The molecule has 0 saturated heterocycles. The lowest BCUT2D eigenvalue weighted by atomic mass is 9.92. The number of hydrogen-bond acceptors (Lipinski definition) is 2. The van der Waals surface area contributed by atoms with Crippen molar-refractivity contribution in [3.8, 4) is 0 Å². The predicted molar refractivity (Wildman–Crippen MR) is 71.4 cm³/mol. The monoisotopic (exact) mass is 226 g/mol. The maximum Gasteiger partial charge on any atom is 0.00103 e. The van der Waals surface area contributed by atoms with E-state index in [1.807, 2.05) is 0 Å². The van der Waals surface area contributed by atoms with Crippen LogP contribution in [0, 0.1) is 17.3 Å². The fourth-order valence-electron chi connectivity index (χ4n) is 2.46. The highest BCUT2D eigenvalue weighted by atomic mass is 14.9. The third kappa shape index (κ3) is 4.42. The third-order valence-corrected chi connectivity index (χ3v) is 4.30. The van der Waals surface area contributed by atoms with Gasteiger partial charge < -0.3 is 11.1 Å². The zero-order chi connectivity index (χ0) is 12.0. The van der Waals surface area contributed by atoms with Crippen LogP contribution in [-0.4, -0.2) is 19.6 Å². The minimum Gasteiger partial charge on any atom is -0.330 e. The SMILES string of the molecule is CC(CCN)CCCNCC1(C(C)C)CC1. The van der Waals surface area contributed by atoms with Crippen LogP contribution in [0.1, 0.15) is 52.9 Å². The van der Waals surface area contributed by atoms with Gasteiger partial charge in [-0.05, 0) is 62.4 Å². The zero-order valence-corrected chi connectivity index (χ0v) is 11.4. The van der Waals surface area contributed by atoms with Crippen LogP contribution in [0.4, 0.5) is 0 Å². The second-order valence-corrected chi connectivity index (χ2v) is 6.02. The molecule has 2 nitrogen and oxygen atoms in total. The van der Waals surface area contributed by atoms with Gasteiger partial charge in [0.25, 0.3) is 0 Å². The van der Waals surface area contributed by atoms with Crippen LogP contribution >= 0.6 is 0 Å². The molecule has 96 valence electrons. The second kappa shape index (κ2) is 6.61. The molecule has 16 heavy (non-hydrogen) atoms. The second-order valence-electron chi connectivity index (χ2n) is 6.02. The minimum absolute atomic E-state index is 0.656. The molecular formula is C14H30N2. The highest BCUT2D eigenvalue weighted by Gasteiger charge is 2.44. The average molecular weight is 226 g/mol. The predicted octanol–water partition coefficient (Wildman–Crippen LogP) is 2.78. The van der Waals surface area contributed by atoms with Crippen LogP contribution < -0.4 is 11.1 Å². The fraction of sp³-hybridized carbons (Fsp3) is 1.00. The molecule has 1 saturated carbocycles. The van der Waals surface area contributed by atoms with E-state index in [4.69, 9.17) is 5.73 Å². The van der Waals surface area contributed by atoms with Gasteiger partial charge in [-0.1, -0.05) is 20.8 Å². The Morgan fingerprint density at radius 2 is 1.88 bits per heavy atom. The van der Waals surface area contributed by atoms with Crippen LogP contribution in [0.3, 0.4) is 0 Å². The van der Waals surface area contributed by atoms with Crippen LogP contribution in [0.5, 0.6) is 0 Å². The highest BCUT2D eigenvalue weighted by molar-refractivity contribution is 4.96. The topological polar surface area (TPSA) is 38.0 Å². The number of rotatable bonds is 9. The zero-order valence-electron chi connectivity index (χ0n) is 11.4. The van der Waals surface area contributed by atoms with Crippen molar-refractivity contribution in [2.24, 2.45) is 23.0 Å². The maximum atomic E-state index is 5.54. The van der Waals surface area contributed by atoms with E-state index in [0.717, 1.165) is 18.4 Å². The molecule has 0 aromatic heterocycles. The Labute approximate surface area is 101 Å². The van der Waals surface area contributed by atoms with Gasteiger partial charge >= 0.3 is 0 Å². The molecule has 1 aliphatic carbocycles. The summed E-state index contributed by atoms with van der Waals surface area (Å²) in [5.74, 6) is 1.64. The lowest BCUT2D eigenvalue weighted by Gasteiger charge is -2.20. The quantitative estimate of drug-likeness (QED) is 0.593. The van der Waals surface area contributed by atoms with Crippen molar-refractivity contribution in [1.29, 1.82) is 0 Å². The van der Waals surface area contributed by atoms with Gasteiger partial charge in [0.2, 0.25) is 0 Å². The first kappa shape index (κ1) is 14.0. The van der Waals surface area contributed by atoms with Crippen molar-refractivity contribution in [3.05, 3.63) is 0 Å². The van der Waals surface area contributed by atoms with Gasteiger partial charge in [-0.15, -0.1) is 0 Å². The summed E-state index contributed by atoms with van der Waals surface area (Å²) in [6, 6.07) is 0. The highest BCUT2D eigenvalue weighted by Crippen LogP contribution is 2.51. The third-order valence-electron chi connectivity index (χ3n) is 4.30. The summed E-state index contributed by atoms with van der Waals surface area (Å²) in [4.78, 5) is 0. The summed E-state index contributed by atoms with van der Waals surface area (Å²) in [6.45, 7) is 10.3. The van der Waals surface area contributed by atoms with Crippen molar-refractivity contribution in [3.63, 3.8) is 0 Å². The Morgan fingerprint density at radius 3 is 2.38 bits per heavy atom. The van der Waals surface area contributed by atoms with Crippen LogP contribution in [0.2, 0.25) is 0 Å². The number of nitrogens with two attached hydrogens (primary N) is 1. The van der Waals surface area contributed by atoms with Crippen molar-refractivity contribution in [1.82, 2.24) is 5.32 Å². The van der Waals surface area contributed by atoms with E-state index in [0.29, 0.717) is 5.41 Å². The van der Waals surface area contributed by atoms with Crippen molar-refractivity contribution >= 4 is 0 Å². The maximum absolute atomic E-state index is 5.54. The van der Waals surface area contributed by atoms with E-state index in [9.17, 15) is 0 Å². The molecule has 1 aliphatic rings. The average Bonchev–Trinajstić information content (AvgIpc) is 2.99. The largest absolute Gasteiger partial charge is 0.330 e. The molecule has 1 unspecified atom stereocenters. The molecule has 0 amide bonds. The van der Waals surface area contributed by atoms with Crippen LogP contribution in [0.15, 0.2) is 0 Å². The van der Waals surface area contributed by atoms with Gasteiger partial charge in [-0.2, -0.15) is 0 Å². The van der Waals surface area contributed by atoms with E-state index in [2.05, 4.69) is 26.1 Å². The lowest BCUT2D eigenvalue weighted by Crippen LogP contribution is -2.28.